The molecule has 0 spiro atoms. The quantitative estimate of drug-likeness (QED) is 0.887. The van der Waals surface area contributed by atoms with Crippen LogP contribution in [-0.2, 0) is 11.3 Å². The van der Waals surface area contributed by atoms with Gasteiger partial charge in [-0.3, -0.25) is 0 Å². The molecule has 2 rings (SSSR count). The number of nitrogens with zero attached hydrogens (tertiary/aromatic N) is 1. The Hall–Kier alpha value is -1.13. The van der Waals surface area contributed by atoms with Crippen LogP contribution in [0.2, 0.25) is 0 Å². The molecule has 1 N–H and O–H groups in total. The monoisotopic (exact) mass is 250 g/mol. The lowest BCUT2D eigenvalue weighted by molar-refractivity contribution is 0.0232. The second kappa shape index (κ2) is 6.16. The van der Waals surface area contributed by atoms with Crippen molar-refractivity contribution in [1.82, 2.24) is 10.3 Å². The molecule has 1 aromatic rings. The molecule has 0 radical (unpaired) electrons. The molecule has 1 aliphatic rings. The number of pyridine rings is 1. The minimum Gasteiger partial charge on any atom is -0.474 e. The van der Waals surface area contributed by atoms with Gasteiger partial charge in [-0.2, -0.15) is 0 Å². The highest BCUT2D eigenvalue weighted by Crippen LogP contribution is 2.24. The molecule has 1 saturated heterocycles. The number of rotatable bonds is 4. The summed E-state index contributed by atoms with van der Waals surface area (Å²) < 4.78 is 11.4. The van der Waals surface area contributed by atoms with E-state index in [0.717, 1.165) is 49.7 Å². The molecule has 100 valence electrons. The number of aryl methyl sites for hydroxylation is 2. The minimum absolute atomic E-state index is 0.239. The maximum atomic E-state index is 6.07. The first kappa shape index (κ1) is 13.3. The number of ether oxygens (including phenoxy) is 2. The fraction of sp³-hybridized carbons (Fsp3) is 0.643. The van der Waals surface area contributed by atoms with Gasteiger partial charge in [-0.25, -0.2) is 4.98 Å². The summed E-state index contributed by atoms with van der Waals surface area (Å²) in [5.74, 6) is 0.786. The molecule has 0 atom stereocenters. The van der Waals surface area contributed by atoms with E-state index in [4.69, 9.17) is 9.47 Å². The second-order valence-corrected chi connectivity index (χ2v) is 4.82. The third-order valence-corrected chi connectivity index (χ3v) is 3.24. The summed E-state index contributed by atoms with van der Waals surface area (Å²) in [7, 11) is 1.94. The van der Waals surface area contributed by atoms with Crippen molar-refractivity contribution in [2.24, 2.45) is 0 Å². The molecular formula is C14H22N2O2. The van der Waals surface area contributed by atoms with Crippen LogP contribution >= 0.6 is 0 Å². The summed E-state index contributed by atoms with van der Waals surface area (Å²) in [5.41, 5.74) is 3.41. The summed E-state index contributed by atoms with van der Waals surface area (Å²) in [6.07, 6.45) is 2.14. The van der Waals surface area contributed by atoms with Crippen LogP contribution in [0.25, 0.3) is 0 Å². The van der Waals surface area contributed by atoms with Gasteiger partial charge in [0.1, 0.15) is 6.10 Å². The lowest BCUT2D eigenvalue weighted by Crippen LogP contribution is -2.27. The highest BCUT2D eigenvalue weighted by atomic mass is 16.5. The third kappa shape index (κ3) is 3.21. The summed E-state index contributed by atoms with van der Waals surface area (Å²) in [4.78, 5) is 4.54. The molecule has 4 nitrogen and oxygen atoms in total. The van der Waals surface area contributed by atoms with Crippen molar-refractivity contribution in [2.45, 2.75) is 39.3 Å². The lowest BCUT2D eigenvalue weighted by atomic mass is 10.1. The van der Waals surface area contributed by atoms with E-state index in [1.165, 1.54) is 5.56 Å². The van der Waals surface area contributed by atoms with Crippen LogP contribution < -0.4 is 10.1 Å². The zero-order valence-electron chi connectivity index (χ0n) is 11.5. The van der Waals surface area contributed by atoms with Crippen molar-refractivity contribution in [3.05, 3.63) is 22.9 Å². The molecule has 1 aromatic heterocycles. The van der Waals surface area contributed by atoms with E-state index >= 15 is 0 Å². The molecule has 0 amide bonds. The van der Waals surface area contributed by atoms with Crippen molar-refractivity contribution in [1.29, 1.82) is 0 Å². The molecule has 0 bridgehead atoms. The Morgan fingerprint density at radius 1 is 1.39 bits per heavy atom. The van der Waals surface area contributed by atoms with Crippen molar-refractivity contribution in [3.63, 3.8) is 0 Å². The molecule has 18 heavy (non-hydrogen) atoms. The number of aromatic nitrogens is 1. The Morgan fingerprint density at radius 2 is 2.11 bits per heavy atom. The number of nitrogens with one attached hydrogen (secondary N) is 1. The van der Waals surface area contributed by atoms with Crippen molar-refractivity contribution < 1.29 is 9.47 Å². The highest BCUT2D eigenvalue weighted by Gasteiger charge is 2.18. The third-order valence-electron chi connectivity index (χ3n) is 3.24. The summed E-state index contributed by atoms with van der Waals surface area (Å²) >= 11 is 0. The smallest absolute Gasteiger partial charge is 0.218 e. The van der Waals surface area contributed by atoms with E-state index in [1.807, 2.05) is 14.0 Å². The Kier molecular flexibility index (Phi) is 4.55. The molecule has 2 heterocycles. The summed E-state index contributed by atoms with van der Waals surface area (Å²) in [5, 5.41) is 3.18. The van der Waals surface area contributed by atoms with Gasteiger partial charge < -0.3 is 14.8 Å². The topological polar surface area (TPSA) is 43.4 Å². The van der Waals surface area contributed by atoms with Crippen molar-refractivity contribution in [2.75, 3.05) is 20.3 Å². The Morgan fingerprint density at radius 3 is 2.78 bits per heavy atom. The normalized spacial score (nSPS) is 16.8. The van der Waals surface area contributed by atoms with E-state index in [9.17, 15) is 0 Å². The van der Waals surface area contributed by atoms with Gasteiger partial charge in [0.15, 0.2) is 0 Å². The van der Waals surface area contributed by atoms with Gasteiger partial charge in [-0.15, -0.1) is 0 Å². The van der Waals surface area contributed by atoms with Gasteiger partial charge in [0.25, 0.3) is 0 Å². The lowest BCUT2D eigenvalue weighted by Gasteiger charge is -2.24. The molecule has 1 aliphatic heterocycles. The van der Waals surface area contributed by atoms with E-state index < -0.39 is 0 Å². The van der Waals surface area contributed by atoms with E-state index in [1.54, 1.807) is 0 Å². The highest BCUT2D eigenvalue weighted by molar-refractivity contribution is 5.36. The van der Waals surface area contributed by atoms with Gasteiger partial charge in [0.2, 0.25) is 5.88 Å². The summed E-state index contributed by atoms with van der Waals surface area (Å²) in [6, 6.07) is 2.10. The van der Waals surface area contributed by atoms with Gasteiger partial charge in [0, 0.05) is 30.6 Å². The second-order valence-electron chi connectivity index (χ2n) is 4.82. The van der Waals surface area contributed by atoms with Crippen LogP contribution in [0.5, 0.6) is 5.88 Å². The van der Waals surface area contributed by atoms with Crippen LogP contribution in [0, 0.1) is 13.8 Å². The van der Waals surface area contributed by atoms with E-state index in [0.29, 0.717) is 0 Å². The van der Waals surface area contributed by atoms with Crippen LogP contribution in [0.4, 0.5) is 0 Å². The first-order chi connectivity index (χ1) is 8.70. The molecule has 0 aromatic carbocycles. The molecule has 0 aliphatic carbocycles. The maximum absolute atomic E-state index is 6.07. The Bertz CT molecular complexity index is 401. The van der Waals surface area contributed by atoms with Crippen molar-refractivity contribution >= 4 is 0 Å². The minimum atomic E-state index is 0.239. The van der Waals surface area contributed by atoms with E-state index in [2.05, 4.69) is 23.3 Å². The van der Waals surface area contributed by atoms with Gasteiger partial charge >= 0.3 is 0 Å². The Balaban J connectivity index is 2.18. The average molecular weight is 250 g/mol. The number of hydrogen-bond acceptors (Lipinski definition) is 4. The molecular weight excluding hydrogens is 228 g/mol. The SMILES string of the molecule is CNCc1c(C)cc(C)nc1OC1CCOCC1. The zero-order valence-corrected chi connectivity index (χ0v) is 11.5. The van der Waals surface area contributed by atoms with Gasteiger partial charge in [0.05, 0.1) is 13.2 Å². The predicted octanol–water partition coefficient (Wildman–Crippen LogP) is 1.98. The van der Waals surface area contributed by atoms with Crippen LogP contribution in [0.15, 0.2) is 6.07 Å². The molecule has 0 unspecified atom stereocenters. The van der Waals surface area contributed by atoms with Crippen molar-refractivity contribution in [3.8, 4) is 5.88 Å². The largest absolute Gasteiger partial charge is 0.474 e. The first-order valence-corrected chi connectivity index (χ1v) is 6.57. The molecule has 4 heteroatoms. The molecule has 1 fully saturated rings. The molecule has 0 saturated carbocycles. The average Bonchev–Trinajstić information content (AvgIpc) is 2.35. The fourth-order valence-corrected chi connectivity index (χ4v) is 2.27. The first-order valence-electron chi connectivity index (χ1n) is 6.57. The van der Waals surface area contributed by atoms with Crippen LogP contribution in [0.3, 0.4) is 0 Å². The predicted molar refractivity (Wildman–Crippen MR) is 70.9 cm³/mol. The van der Waals surface area contributed by atoms with Gasteiger partial charge in [-0.05, 0) is 32.5 Å². The van der Waals surface area contributed by atoms with Crippen LogP contribution in [-0.4, -0.2) is 31.3 Å². The van der Waals surface area contributed by atoms with Crippen LogP contribution in [0.1, 0.15) is 29.7 Å². The van der Waals surface area contributed by atoms with E-state index in [-0.39, 0.29) is 6.10 Å². The Labute approximate surface area is 109 Å². The fourth-order valence-electron chi connectivity index (χ4n) is 2.27. The number of hydrogen-bond donors (Lipinski definition) is 1. The zero-order chi connectivity index (χ0) is 13.0. The maximum Gasteiger partial charge on any atom is 0.218 e. The standard InChI is InChI=1S/C14H22N2O2/c1-10-8-11(2)16-14(13(10)9-15-3)18-12-4-6-17-7-5-12/h8,12,15H,4-7,9H2,1-3H3. The summed E-state index contributed by atoms with van der Waals surface area (Å²) in [6.45, 7) is 6.48. The van der Waals surface area contributed by atoms with Gasteiger partial charge in [-0.1, -0.05) is 0 Å².